The summed E-state index contributed by atoms with van der Waals surface area (Å²) in [6.45, 7) is 1.20. The second-order valence-electron chi connectivity index (χ2n) is 4.41. The number of carbonyl (C=O) groups excluding carboxylic acids is 1. The summed E-state index contributed by atoms with van der Waals surface area (Å²) >= 11 is 0. The molecule has 0 unspecified atom stereocenters. The van der Waals surface area contributed by atoms with E-state index in [-0.39, 0.29) is 17.9 Å². The molecule has 0 aliphatic carbocycles. The molecule has 2 atom stereocenters. The van der Waals surface area contributed by atoms with Gasteiger partial charge in [-0.1, -0.05) is 0 Å². The molecule has 9 heteroatoms. The first-order valence-corrected chi connectivity index (χ1v) is 7.79. The number of H-pyrrole nitrogens is 2. The van der Waals surface area contributed by atoms with Crippen LogP contribution in [0.1, 0.15) is 11.3 Å². The quantitative estimate of drug-likeness (QED) is 0.462. The predicted octanol–water partition coefficient (Wildman–Crippen LogP) is -1.76. The van der Waals surface area contributed by atoms with Gasteiger partial charge in [-0.15, -0.1) is 0 Å². The highest BCUT2D eigenvalue weighted by atomic mass is 32.2. The van der Waals surface area contributed by atoms with Crippen LogP contribution in [0, 0.1) is 6.92 Å². The SMILES string of the molecule is Cc1[nH]c(=O)[nH]c(=O)c1/C=C\C(=O)N[C@@H](CO)C[S@](C)=O. The van der Waals surface area contributed by atoms with Crippen LogP contribution >= 0.6 is 0 Å². The molecule has 1 amide bonds. The fraction of sp³-hybridized carbons (Fsp3) is 0.417. The Hall–Kier alpha value is -2.00. The van der Waals surface area contributed by atoms with E-state index >= 15 is 0 Å². The highest BCUT2D eigenvalue weighted by Gasteiger charge is 2.11. The molecule has 21 heavy (non-hydrogen) atoms. The molecule has 8 nitrogen and oxygen atoms in total. The van der Waals surface area contributed by atoms with Gasteiger partial charge in [0.1, 0.15) is 0 Å². The van der Waals surface area contributed by atoms with Gasteiger partial charge >= 0.3 is 5.69 Å². The minimum Gasteiger partial charge on any atom is -0.394 e. The molecule has 0 spiro atoms. The number of aryl methyl sites for hydroxylation is 1. The molecule has 0 fully saturated rings. The fourth-order valence-corrected chi connectivity index (χ4v) is 2.40. The van der Waals surface area contributed by atoms with Gasteiger partial charge in [0, 0.05) is 34.6 Å². The second-order valence-corrected chi connectivity index (χ2v) is 5.89. The van der Waals surface area contributed by atoms with Crippen LogP contribution in [0.3, 0.4) is 0 Å². The van der Waals surface area contributed by atoms with Crippen LogP contribution in [0.5, 0.6) is 0 Å². The van der Waals surface area contributed by atoms with Gasteiger partial charge in [0.05, 0.1) is 18.2 Å². The van der Waals surface area contributed by atoms with Crippen LogP contribution in [0.15, 0.2) is 15.7 Å². The number of aromatic amines is 2. The molecule has 0 aromatic carbocycles. The Labute approximate surface area is 122 Å². The Kier molecular flexibility index (Phi) is 6.25. The Bertz CT molecular complexity index is 676. The van der Waals surface area contributed by atoms with E-state index in [1.807, 2.05) is 0 Å². The number of aromatic nitrogens is 2. The normalized spacial score (nSPS) is 14.0. The van der Waals surface area contributed by atoms with Crippen LogP contribution in [0.2, 0.25) is 0 Å². The van der Waals surface area contributed by atoms with Crippen molar-refractivity contribution in [1.82, 2.24) is 15.3 Å². The molecule has 1 aromatic rings. The van der Waals surface area contributed by atoms with Gasteiger partial charge in [0.15, 0.2) is 0 Å². The molecule has 1 aromatic heterocycles. The third-order valence-electron chi connectivity index (χ3n) is 2.58. The zero-order chi connectivity index (χ0) is 16.0. The number of hydrogen-bond acceptors (Lipinski definition) is 5. The molecule has 1 heterocycles. The molecular weight excluding hydrogens is 298 g/mol. The molecule has 0 aliphatic heterocycles. The van der Waals surface area contributed by atoms with E-state index in [9.17, 15) is 18.6 Å². The lowest BCUT2D eigenvalue weighted by atomic mass is 10.2. The molecule has 0 aliphatic rings. The van der Waals surface area contributed by atoms with Crippen LogP contribution in [0.4, 0.5) is 0 Å². The van der Waals surface area contributed by atoms with Crippen molar-refractivity contribution in [2.45, 2.75) is 13.0 Å². The highest BCUT2D eigenvalue weighted by Crippen LogP contribution is 1.98. The lowest BCUT2D eigenvalue weighted by molar-refractivity contribution is -0.117. The molecule has 0 bridgehead atoms. The number of hydrogen-bond donors (Lipinski definition) is 4. The van der Waals surface area contributed by atoms with Gasteiger partial charge in [-0.2, -0.15) is 0 Å². The van der Waals surface area contributed by atoms with Gasteiger partial charge in [-0.05, 0) is 13.0 Å². The van der Waals surface area contributed by atoms with Gasteiger partial charge in [0.2, 0.25) is 5.91 Å². The molecule has 116 valence electrons. The number of aliphatic hydroxyl groups is 1. The topological polar surface area (TPSA) is 132 Å². The maximum absolute atomic E-state index is 11.7. The standard InChI is InChI=1S/C12H17N3O5S/c1-7-9(11(18)15-12(19)13-7)3-4-10(17)14-8(5-16)6-21(2)20/h3-4,8,16H,5-6H2,1-2H3,(H,14,17)(H2,13,15,18,19)/b4-3-/t8-,21-/m0/s1. The first-order valence-electron chi connectivity index (χ1n) is 6.06. The van der Waals surface area contributed by atoms with E-state index in [0.29, 0.717) is 5.69 Å². The number of amides is 1. The van der Waals surface area contributed by atoms with Crippen LogP contribution in [-0.2, 0) is 15.6 Å². The van der Waals surface area contributed by atoms with Crippen LogP contribution in [-0.4, -0.2) is 49.8 Å². The average Bonchev–Trinajstić information content (AvgIpc) is 2.35. The molecule has 4 N–H and O–H groups in total. The fourth-order valence-electron chi connectivity index (χ4n) is 1.64. The van der Waals surface area contributed by atoms with E-state index in [2.05, 4.69) is 15.3 Å². The van der Waals surface area contributed by atoms with Crippen molar-refractivity contribution in [3.63, 3.8) is 0 Å². The highest BCUT2D eigenvalue weighted by molar-refractivity contribution is 7.84. The number of carbonyl (C=O) groups is 1. The molecule has 1 rings (SSSR count). The van der Waals surface area contributed by atoms with E-state index in [0.717, 1.165) is 6.08 Å². The summed E-state index contributed by atoms with van der Waals surface area (Å²) in [4.78, 5) is 38.7. The third-order valence-corrected chi connectivity index (χ3v) is 3.45. The Morgan fingerprint density at radius 3 is 2.62 bits per heavy atom. The van der Waals surface area contributed by atoms with Gasteiger partial charge in [-0.25, -0.2) is 4.79 Å². The zero-order valence-electron chi connectivity index (χ0n) is 11.6. The average molecular weight is 315 g/mol. The first-order chi connectivity index (χ1) is 9.83. The molecule has 0 saturated carbocycles. The summed E-state index contributed by atoms with van der Waals surface area (Å²) in [5.74, 6) is -0.404. The van der Waals surface area contributed by atoms with Crippen molar-refractivity contribution in [2.75, 3.05) is 18.6 Å². The van der Waals surface area contributed by atoms with E-state index in [1.54, 1.807) is 0 Å². The van der Waals surface area contributed by atoms with E-state index < -0.39 is 34.0 Å². The largest absolute Gasteiger partial charge is 0.394 e. The maximum Gasteiger partial charge on any atom is 0.325 e. The number of nitrogens with one attached hydrogen (secondary N) is 3. The summed E-state index contributed by atoms with van der Waals surface area (Å²) in [7, 11) is -1.16. The smallest absolute Gasteiger partial charge is 0.325 e. The van der Waals surface area contributed by atoms with Crippen molar-refractivity contribution in [2.24, 2.45) is 0 Å². The Morgan fingerprint density at radius 2 is 2.10 bits per heavy atom. The molecule has 0 saturated heterocycles. The monoisotopic (exact) mass is 315 g/mol. The predicted molar refractivity (Wildman–Crippen MR) is 79.4 cm³/mol. The van der Waals surface area contributed by atoms with Crippen molar-refractivity contribution in [3.05, 3.63) is 38.2 Å². The van der Waals surface area contributed by atoms with Crippen LogP contribution < -0.4 is 16.6 Å². The number of rotatable bonds is 6. The van der Waals surface area contributed by atoms with Gasteiger partial charge < -0.3 is 15.4 Å². The molecular formula is C12H17N3O5S. The van der Waals surface area contributed by atoms with Gasteiger partial charge in [-0.3, -0.25) is 18.8 Å². The lowest BCUT2D eigenvalue weighted by Crippen LogP contribution is -2.40. The summed E-state index contributed by atoms with van der Waals surface area (Å²) in [5, 5.41) is 11.5. The summed E-state index contributed by atoms with van der Waals surface area (Å²) in [6.07, 6.45) is 3.84. The minimum atomic E-state index is -1.16. The zero-order valence-corrected chi connectivity index (χ0v) is 12.5. The van der Waals surface area contributed by atoms with Gasteiger partial charge in [0.25, 0.3) is 5.56 Å². The van der Waals surface area contributed by atoms with E-state index in [4.69, 9.17) is 5.11 Å². The summed E-state index contributed by atoms with van der Waals surface area (Å²) in [5.41, 5.74) is -0.732. The second kappa shape index (κ2) is 7.70. The van der Waals surface area contributed by atoms with Crippen LogP contribution in [0.25, 0.3) is 6.08 Å². The Morgan fingerprint density at radius 1 is 1.43 bits per heavy atom. The van der Waals surface area contributed by atoms with Crippen molar-refractivity contribution < 1.29 is 14.1 Å². The summed E-state index contributed by atoms with van der Waals surface area (Å²) < 4.78 is 11.0. The number of aliphatic hydroxyl groups excluding tert-OH is 1. The van der Waals surface area contributed by atoms with Crippen molar-refractivity contribution >= 4 is 22.8 Å². The maximum atomic E-state index is 11.7. The van der Waals surface area contributed by atoms with Crippen molar-refractivity contribution in [3.8, 4) is 0 Å². The third kappa shape index (κ3) is 5.48. The van der Waals surface area contributed by atoms with E-state index in [1.165, 1.54) is 19.3 Å². The first kappa shape index (κ1) is 17.1. The lowest BCUT2D eigenvalue weighted by Gasteiger charge is -2.13. The molecule has 0 radical (unpaired) electrons. The Balaban J connectivity index is 2.81. The summed E-state index contributed by atoms with van der Waals surface area (Å²) in [6, 6.07) is -0.622. The van der Waals surface area contributed by atoms with Crippen molar-refractivity contribution in [1.29, 1.82) is 0 Å². The minimum absolute atomic E-state index is 0.133.